The maximum Gasteiger partial charge on any atom is 0.263 e. The van der Waals surface area contributed by atoms with Crippen molar-refractivity contribution in [2.75, 3.05) is 10.0 Å². The maximum absolute atomic E-state index is 12.1. The van der Waals surface area contributed by atoms with Crippen LogP contribution in [0.2, 0.25) is 0 Å². The molecule has 0 radical (unpaired) electrons. The summed E-state index contributed by atoms with van der Waals surface area (Å²) in [7, 11) is -3.66. The lowest BCUT2D eigenvalue weighted by Crippen LogP contribution is -2.18. The van der Waals surface area contributed by atoms with Crippen LogP contribution in [0.5, 0.6) is 0 Å². The van der Waals surface area contributed by atoms with Gasteiger partial charge < -0.3 is 5.32 Å². The molecular weight excluding hydrogens is 310 g/mol. The molecule has 0 fully saturated rings. The van der Waals surface area contributed by atoms with Crippen molar-refractivity contribution in [3.05, 3.63) is 35.8 Å². The van der Waals surface area contributed by atoms with E-state index in [1.165, 1.54) is 29.7 Å². The van der Waals surface area contributed by atoms with Gasteiger partial charge in [-0.3, -0.25) is 9.52 Å². The van der Waals surface area contributed by atoms with Crippen molar-refractivity contribution < 1.29 is 13.2 Å². The van der Waals surface area contributed by atoms with Crippen molar-refractivity contribution in [2.24, 2.45) is 5.92 Å². The molecule has 0 saturated heterocycles. The van der Waals surface area contributed by atoms with E-state index in [0.29, 0.717) is 10.8 Å². The van der Waals surface area contributed by atoms with Gasteiger partial charge in [0.05, 0.1) is 4.90 Å². The number of anilines is 2. The molecule has 1 heterocycles. The average molecular weight is 325 g/mol. The monoisotopic (exact) mass is 325 g/mol. The molecule has 0 unspecified atom stereocenters. The number of rotatable bonds is 5. The molecule has 1 aromatic heterocycles. The van der Waals surface area contributed by atoms with Gasteiger partial charge in [0.2, 0.25) is 5.91 Å². The number of amides is 1. The van der Waals surface area contributed by atoms with Crippen LogP contribution in [0.1, 0.15) is 13.8 Å². The molecule has 2 rings (SSSR count). The average Bonchev–Trinajstić information content (AvgIpc) is 2.91. The van der Waals surface area contributed by atoms with Crippen LogP contribution in [-0.4, -0.2) is 19.3 Å². The molecule has 1 aromatic carbocycles. The summed E-state index contributed by atoms with van der Waals surface area (Å²) in [6.07, 6.45) is 1.52. The van der Waals surface area contributed by atoms with Crippen LogP contribution in [0.25, 0.3) is 0 Å². The highest BCUT2D eigenvalue weighted by molar-refractivity contribution is 7.93. The van der Waals surface area contributed by atoms with E-state index in [9.17, 15) is 13.2 Å². The predicted octanol–water partition coefficient (Wildman–Crippen LogP) is 2.54. The number of carbonyl (C=O) groups is 1. The molecule has 1 amide bonds. The maximum atomic E-state index is 12.1. The van der Waals surface area contributed by atoms with Gasteiger partial charge in [0.1, 0.15) is 0 Å². The fraction of sp³-hybridized carbons (Fsp3) is 0.231. The van der Waals surface area contributed by atoms with Crippen LogP contribution in [0.4, 0.5) is 10.8 Å². The molecule has 6 nitrogen and oxygen atoms in total. The molecule has 2 N–H and O–H groups in total. The summed E-state index contributed by atoms with van der Waals surface area (Å²) in [6, 6.07) is 5.98. The SMILES string of the molecule is CC(C)C(=O)Nc1ccc(S(=O)(=O)Nc2nccs2)cc1. The van der Waals surface area contributed by atoms with Gasteiger partial charge in [0.15, 0.2) is 5.13 Å². The second kappa shape index (κ2) is 6.23. The van der Waals surface area contributed by atoms with Gasteiger partial charge in [0.25, 0.3) is 10.0 Å². The Morgan fingerprint density at radius 2 is 1.90 bits per heavy atom. The first kappa shape index (κ1) is 15.5. The molecular formula is C13H15N3O3S2. The number of benzene rings is 1. The van der Waals surface area contributed by atoms with E-state index in [1.54, 1.807) is 31.4 Å². The smallest absolute Gasteiger partial charge is 0.263 e. The Morgan fingerprint density at radius 3 is 2.43 bits per heavy atom. The molecule has 0 saturated carbocycles. The van der Waals surface area contributed by atoms with Gasteiger partial charge in [-0.15, -0.1) is 11.3 Å². The Hall–Kier alpha value is -1.93. The van der Waals surface area contributed by atoms with Crippen molar-refractivity contribution >= 4 is 38.1 Å². The topological polar surface area (TPSA) is 88.2 Å². The Morgan fingerprint density at radius 1 is 1.24 bits per heavy atom. The third-order valence-corrected chi connectivity index (χ3v) is 4.78. The lowest BCUT2D eigenvalue weighted by Gasteiger charge is -2.09. The molecule has 8 heteroatoms. The fourth-order valence-electron chi connectivity index (χ4n) is 1.45. The molecule has 21 heavy (non-hydrogen) atoms. The summed E-state index contributed by atoms with van der Waals surface area (Å²) in [5.41, 5.74) is 0.557. The first-order valence-corrected chi connectivity index (χ1v) is 8.58. The Balaban J connectivity index is 2.13. The molecule has 0 spiro atoms. The summed E-state index contributed by atoms with van der Waals surface area (Å²) >= 11 is 1.20. The summed E-state index contributed by atoms with van der Waals surface area (Å²) in [6.45, 7) is 3.57. The first-order valence-electron chi connectivity index (χ1n) is 6.22. The number of thiazole rings is 1. The highest BCUT2D eigenvalue weighted by Crippen LogP contribution is 2.19. The van der Waals surface area contributed by atoms with E-state index >= 15 is 0 Å². The largest absolute Gasteiger partial charge is 0.326 e. The van der Waals surface area contributed by atoms with Crippen LogP contribution in [0.3, 0.4) is 0 Å². The second-order valence-corrected chi connectivity index (χ2v) is 7.19. The minimum absolute atomic E-state index is 0.111. The van der Waals surface area contributed by atoms with Crippen LogP contribution in [0, 0.1) is 5.92 Å². The first-order chi connectivity index (χ1) is 9.88. The van der Waals surface area contributed by atoms with Gasteiger partial charge in [-0.25, -0.2) is 13.4 Å². The molecule has 0 aliphatic rings. The molecule has 0 atom stereocenters. The van der Waals surface area contributed by atoms with Crippen molar-refractivity contribution in [3.63, 3.8) is 0 Å². The normalized spacial score (nSPS) is 11.4. The zero-order valence-electron chi connectivity index (χ0n) is 11.5. The number of nitrogens with one attached hydrogen (secondary N) is 2. The minimum atomic E-state index is -3.66. The number of hydrogen-bond acceptors (Lipinski definition) is 5. The number of aromatic nitrogens is 1. The molecule has 0 aliphatic heterocycles. The van der Waals surface area contributed by atoms with Crippen LogP contribution in [0.15, 0.2) is 40.7 Å². The van der Waals surface area contributed by atoms with Crippen molar-refractivity contribution in [3.8, 4) is 0 Å². The van der Waals surface area contributed by atoms with E-state index < -0.39 is 10.0 Å². The van der Waals surface area contributed by atoms with Crippen molar-refractivity contribution in [2.45, 2.75) is 18.7 Å². The predicted molar refractivity (Wildman–Crippen MR) is 82.8 cm³/mol. The fourth-order valence-corrected chi connectivity index (χ4v) is 3.24. The zero-order chi connectivity index (χ0) is 15.5. The van der Waals surface area contributed by atoms with E-state index in [2.05, 4.69) is 15.0 Å². The van der Waals surface area contributed by atoms with Gasteiger partial charge in [-0.2, -0.15) is 0 Å². The molecule has 0 bridgehead atoms. The third-order valence-electron chi connectivity index (χ3n) is 2.61. The summed E-state index contributed by atoms with van der Waals surface area (Å²) in [4.78, 5) is 15.5. The van der Waals surface area contributed by atoms with Gasteiger partial charge in [0, 0.05) is 23.2 Å². The number of nitrogens with zero attached hydrogens (tertiary/aromatic N) is 1. The summed E-state index contributed by atoms with van der Waals surface area (Å²) in [5, 5.41) is 4.70. The van der Waals surface area contributed by atoms with Crippen LogP contribution < -0.4 is 10.0 Å². The second-order valence-electron chi connectivity index (χ2n) is 4.61. The van der Waals surface area contributed by atoms with Gasteiger partial charge in [-0.05, 0) is 24.3 Å². The highest BCUT2D eigenvalue weighted by Gasteiger charge is 2.15. The Kier molecular flexibility index (Phi) is 4.59. The standard InChI is InChI=1S/C13H15N3O3S2/c1-9(2)12(17)15-10-3-5-11(6-4-10)21(18,19)16-13-14-7-8-20-13/h3-9H,1-2H3,(H,14,16)(H,15,17). The van der Waals surface area contributed by atoms with E-state index in [0.717, 1.165) is 0 Å². The lowest BCUT2D eigenvalue weighted by molar-refractivity contribution is -0.118. The van der Waals surface area contributed by atoms with Crippen LogP contribution >= 0.6 is 11.3 Å². The van der Waals surface area contributed by atoms with Gasteiger partial charge in [-0.1, -0.05) is 13.8 Å². The Bertz CT molecular complexity index is 708. The number of carbonyl (C=O) groups excluding carboxylic acids is 1. The van der Waals surface area contributed by atoms with E-state index in [1.807, 2.05) is 0 Å². The van der Waals surface area contributed by atoms with Crippen molar-refractivity contribution in [1.29, 1.82) is 0 Å². The van der Waals surface area contributed by atoms with Gasteiger partial charge >= 0.3 is 0 Å². The minimum Gasteiger partial charge on any atom is -0.326 e. The number of sulfonamides is 1. The van der Waals surface area contributed by atoms with Crippen LogP contribution in [-0.2, 0) is 14.8 Å². The summed E-state index contributed by atoms with van der Waals surface area (Å²) < 4.78 is 26.6. The Labute approximate surface area is 127 Å². The van der Waals surface area contributed by atoms with E-state index in [-0.39, 0.29) is 16.7 Å². The number of hydrogen-bond donors (Lipinski definition) is 2. The quantitative estimate of drug-likeness (QED) is 0.884. The van der Waals surface area contributed by atoms with E-state index in [4.69, 9.17) is 0 Å². The zero-order valence-corrected chi connectivity index (χ0v) is 13.2. The molecule has 0 aliphatic carbocycles. The third kappa shape index (κ3) is 4.02. The molecule has 2 aromatic rings. The van der Waals surface area contributed by atoms with Crippen molar-refractivity contribution in [1.82, 2.24) is 4.98 Å². The summed E-state index contributed by atoms with van der Waals surface area (Å²) in [5.74, 6) is -0.258. The highest BCUT2D eigenvalue weighted by atomic mass is 32.2. The molecule has 112 valence electrons. The lowest BCUT2D eigenvalue weighted by atomic mass is 10.2.